The van der Waals surface area contributed by atoms with Gasteiger partial charge in [0.1, 0.15) is 11.6 Å². The number of piperidine rings is 2. The van der Waals surface area contributed by atoms with Crippen molar-refractivity contribution in [3.8, 4) is 0 Å². The van der Waals surface area contributed by atoms with Gasteiger partial charge in [-0.05, 0) is 45.6 Å². The Morgan fingerprint density at radius 1 is 1.10 bits per heavy atom. The minimum Gasteiger partial charge on any atom is -0.314 e. The van der Waals surface area contributed by atoms with Crippen LogP contribution in [0.25, 0.3) is 0 Å². The number of nitrogens with zero attached hydrogens (tertiary/aromatic N) is 4. The lowest BCUT2D eigenvalue weighted by Crippen LogP contribution is -2.54. The smallest absolute Gasteiger partial charge is 0.147 e. The predicted octanol–water partition coefficient (Wildman–Crippen LogP) is 1.72. The molecule has 116 valence electrons. The number of aryl methyl sites for hydroxylation is 1. The van der Waals surface area contributed by atoms with Gasteiger partial charge in [0.15, 0.2) is 0 Å². The molecule has 0 spiro atoms. The van der Waals surface area contributed by atoms with Crippen molar-refractivity contribution in [3.05, 3.63) is 11.6 Å². The van der Waals surface area contributed by atoms with Crippen LogP contribution in [-0.4, -0.2) is 44.8 Å². The maximum atomic E-state index is 4.41. The first-order chi connectivity index (χ1) is 10.3. The van der Waals surface area contributed by atoms with Gasteiger partial charge in [0.25, 0.3) is 0 Å². The number of hydrogen-bond acceptors (Lipinski definition) is 4. The molecule has 5 heteroatoms. The fraction of sp³-hybridized carbons (Fsp3) is 0.875. The zero-order valence-electron chi connectivity index (χ0n) is 13.1. The summed E-state index contributed by atoms with van der Waals surface area (Å²) < 4.78 is 2.34. The summed E-state index contributed by atoms with van der Waals surface area (Å²) in [6.45, 7) is 2.00. The van der Waals surface area contributed by atoms with Gasteiger partial charge in [0.2, 0.25) is 0 Å². The highest BCUT2D eigenvalue weighted by Crippen LogP contribution is 2.32. The Morgan fingerprint density at radius 3 is 2.71 bits per heavy atom. The van der Waals surface area contributed by atoms with Crippen LogP contribution in [0.15, 0.2) is 0 Å². The summed E-state index contributed by atoms with van der Waals surface area (Å²) in [5.41, 5.74) is 0. The molecule has 1 N–H and O–H groups in total. The van der Waals surface area contributed by atoms with Gasteiger partial charge in [-0.25, -0.2) is 0 Å². The fourth-order valence-electron chi connectivity index (χ4n) is 4.52. The lowest BCUT2D eigenvalue weighted by Gasteiger charge is -2.47. The van der Waals surface area contributed by atoms with E-state index in [0.29, 0.717) is 6.04 Å². The molecule has 2 atom stereocenters. The van der Waals surface area contributed by atoms with Crippen molar-refractivity contribution < 1.29 is 0 Å². The minimum absolute atomic E-state index is 0.660. The van der Waals surface area contributed by atoms with E-state index in [1.54, 1.807) is 0 Å². The van der Waals surface area contributed by atoms with Crippen molar-refractivity contribution in [1.29, 1.82) is 0 Å². The zero-order chi connectivity index (χ0) is 14.2. The summed E-state index contributed by atoms with van der Waals surface area (Å²) in [7, 11) is 2.32. The molecule has 1 aromatic rings. The van der Waals surface area contributed by atoms with Crippen molar-refractivity contribution in [2.45, 2.75) is 82.6 Å². The van der Waals surface area contributed by atoms with Gasteiger partial charge in [-0.1, -0.05) is 6.42 Å². The van der Waals surface area contributed by atoms with Crippen LogP contribution in [0.3, 0.4) is 0 Å². The molecule has 0 amide bonds. The largest absolute Gasteiger partial charge is 0.314 e. The molecule has 0 aromatic carbocycles. The van der Waals surface area contributed by atoms with E-state index in [0.717, 1.165) is 37.4 Å². The fourth-order valence-corrected chi connectivity index (χ4v) is 4.52. The quantitative estimate of drug-likeness (QED) is 0.920. The Bertz CT molecular complexity index is 483. The molecule has 4 rings (SSSR count). The third-order valence-electron chi connectivity index (χ3n) is 5.82. The third-order valence-corrected chi connectivity index (χ3v) is 5.82. The Balaban J connectivity index is 1.38. The molecule has 0 saturated carbocycles. The lowest BCUT2D eigenvalue weighted by atomic mass is 9.82. The topological polar surface area (TPSA) is 46.0 Å². The molecule has 2 fully saturated rings. The standard InChI is InChI=1S/C16H27N5/c1-20-13-5-4-6-14(20)10-12(9-13)17-11-16-19-18-15-7-2-3-8-21(15)16/h12-14,17H,2-11H2,1H3. The second-order valence-corrected chi connectivity index (χ2v) is 7.09. The first kappa shape index (κ1) is 13.7. The van der Waals surface area contributed by atoms with E-state index >= 15 is 0 Å². The maximum Gasteiger partial charge on any atom is 0.147 e. The molecule has 2 unspecified atom stereocenters. The molecule has 0 radical (unpaired) electrons. The SMILES string of the molecule is CN1C2CCCC1CC(NCc1nnc3n1CCCC3)C2. The average Bonchev–Trinajstić information content (AvgIpc) is 2.89. The molecule has 0 aliphatic carbocycles. The predicted molar refractivity (Wildman–Crippen MR) is 82.0 cm³/mol. The second-order valence-electron chi connectivity index (χ2n) is 7.09. The van der Waals surface area contributed by atoms with Crippen LogP contribution in [0, 0.1) is 0 Å². The van der Waals surface area contributed by atoms with E-state index in [4.69, 9.17) is 0 Å². The van der Waals surface area contributed by atoms with Crippen LogP contribution in [-0.2, 0) is 19.5 Å². The number of rotatable bonds is 3. The molecule has 21 heavy (non-hydrogen) atoms. The number of aromatic nitrogens is 3. The van der Waals surface area contributed by atoms with Crippen molar-refractivity contribution in [3.63, 3.8) is 0 Å². The van der Waals surface area contributed by atoms with Crippen LogP contribution in [0.2, 0.25) is 0 Å². The number of fused-ring (bicyclic) bond motifs is 3. The summed E-state index contributed by atoms with van der Waals surface area (Å²) in [4.78, 5) is 2.63. The second kappa shape index (κ2) is 5.69. The monoisotopic (exact) mass is 289 g/mol. The Hall–Kier alpha value is -0.940. The average molecular weight is 289 g/mol. The molecule has 3 aliphatic rings. The molecule has 2 saturated heterocycles. The molecule has 2 bridgehead atoms. The zero-order valence-corrected chi connectivity index (χ0v) is 13.1. The van der Waals surface area contributed by atoms with E-state index < -0.39 is 0 Å². The maximum absolute atomic E-state index is 4.41. The van der Waals surface area contributed by atoms with Crippen LogP contribution >= 0.6 is 0 Å². The van der Waals surface area contributed by atoms with Gasteiger partial charge in [0, 0.05) is 31.1 Å². The van der Waals surface area contributed by atoms with Gasteiger partial charge in [0.05, 0.1) is 6.54 Å². The van der Waals surface area contributed by atoms with Crippen molar-refractivity contribution in [2.24, 2.45) is 0 Å². The molecule has 5 nitrogen and oxygen atoms in total. The summed E-state index contributed by atoms with van der Waals surface area (Å²) >= 11 is 0. The van der Waals surface area contributed by atoms with Crippen molar-refractivity contribution in [2.75, 3.05) is 7.05 Å². The third kappa shape index (κ3) is 2.61. The van der Waals surface area contributed by atoms with E-state index in [1.807, 2.05) is 0 Å². The van der Waals surface area contributed by atoms with Crippen molar-refractivity contribution >= 4 is 0 Å². The first-order valence-electron chi connectivity index (χ1n) is 8.67. The molecule has 3 aliphatic heterocycles. The van der Waals surface area contributed by atoms with E-state index in [1.165, 1.54) is 50.8 Å². The van der Waals surface area contributed by atoms with Crippen LogP contribution in [0.5, 0.6) is 0 Å². The van der Waals surface area contributed by atoms with Crippen molar-refractivity contribution in [1.82, 2.24) is 25.0 Å². The summed E-state index contributed by atoms with van der Waals surface area (Å²) in [5.74, 6) is 2.34. The van der Waals surface area contributed by atoms with Crippen LogP contribution in [0.1, 0.15) is 56.6 Å². The molecular weight excluding hydrogens is 262 g/mol. The molecule has 4 heterocycles. The lowest BCUT2D eigenvalue weighted by molar-refractivity contribution is 0.0480. The molecular formula is C16H27N5. The highest BCUT2D eigenvalue weighted by Gasteiger charge is 2.35. The summed E-state index contributed by atoms with van der Waals surface area (Å²) in [6.07, 6.45) is 10.4. The molecule has 1 aromatic heterocycles. The van der Waals surface area contributed by atoms with Gasteiger partial charge in [-0.3, -0.25) is 0 Å². The highest BCUT2D eigenvalue weighted by molar-refractivity contribution is 5.00. The number of hydrogen-bond donors (Lipinski definition) is 1. The van der Waals surface area contributed by atoms with Gasteiger partial charge in [-0.2, -0.15) is 0 Å². The van der Waals surface area contributed by atoms with E-state index in [-0.39, 0.29) is 0 Å². The van der Waals surface area contributed by atoms with Gasteiger partial charge in [-0.15, -0.1) is 10.2 Å². The van der Waals surface area contributed by atoms with Gasteiger partial charge < -0.3 is 14.8 Å². The first-order valence-corrected chi connectivity index (χ1v) is 8.67. The van der Waals surface area contributed by atoms with E-state index in [2.05, 4.69) is 32.0 Å². The summed E-state index contributed by atoms with van der Waals surface area (Å²) in [5, 5.41) is 12.5. The Kier molecular flexibility index (Phi) is 3.71. The van der Waals surface area contributed by atoms with Gasteiger partial charge >= 0.3 is 0 Å². The summed E-state index contributed by atoms with van der Waals surface area (Å²) in [6, 6.07) is 2.25. The minimum atomic E-state index is 0.660. The van der Waals surface area contributed by atoms with Crippen LogP contribution < -0.4 is 5.32 Å². The van der Waals surface area contributed by atoms with E-state index in [9.17, 15) is 0 Å². The Labute approximate surface area is 127 Å². The Morgan fingerprint density at radius 2 is 1.90 bits per heavy atom. The highest BCUT2D eigenvalue weighted by atomic mass is 15.3. The normalized spacial score (nSPS) is 32.9. The number of nitrogens with one attached hydrogen (secondary N) is 1. The van der Waals surface area contributed by atoms with Crippen LogP contribution in [0.4, 0.5) is 0 Å².